The Morgan fingerprint density at radius 3 is 2.36 bits per heavy atom. The highest BCUT2D eigenvalue weighted by atomic mass is 32.2. The molecule has 0 bridgehead atoms. The average molecular weight is 555 g/mol. The molecule has 2 heterocycles. The maximum absolute atomic E-state index is 14.0. The Labute approximate surface area is 236 Å². The van der Waals surface area contributed by atoms with Crippen molar-refractivity contribution >= 4 is 40.8 Å². The van der Waals surface area contributed by atoms with Crippen LogP contribution >= 0.6 is 23.1 Å². The fraction of sp³-hybridized carbons (Fsp3) is 0.219. The Morgan fingerprint density at radius 2 is 1.74 bits per heavy atom. The third-order valence-electron chi connectivity index (χ3n) is 6.71. The Hall–Kier alpha value is -3.68. The number of carbonyl (C=O) groups excluding carboxylic acids is 1. The summed E-state index contributed by atoms with van der Waals surface area (Å²) in [5, 5.41) is 0. The first-order valence-electron chi connectivity index (χ1n) is 12.9. The monoisotopic (exact) mass is 554 g/mol. The highest BCUT2D eigenvalue weighted by Crippen LogP contribution is 2.35. The van der Waals surface area contributed by atoms with E-state index in [-0.39, 0.29) is 12.2 Å². The first-order valence-corrected chi connectivity index (χ1v) is 15.0. The van der Waals surface area contributed by atoms with Gasteiger partial charge in [-0.3, -0.25) is 9.36 Å². The molecule has 0 radical (unpaired) electrons. The molecule has 0 N–H and O–H groups in total. The van der Waals surface area contributed by atoms with Gasteiger partial charge in [0.1, 0.15) is 0 Å². The van der Waals surface area contributed by atoms with E-state index in [1.165, 1.54) is 16.9 Å². The number of hydrogen-bond acceptors (Lipinski definition) is 6. The minimum absolute atomic E-state index is 0.181. The van der Waals surface area contributed by atoms with Gasteiger partial charge in [0.25, 0.3) is 5.56 Å². The van der Waals surface area contributed by atoms with E-state index in [0.29, 0.717) is 26.5 Å². The van der Waals surface area contributed by atoms with Crippen LogP contribution in [0.1, 0.15) is 55.0 Å². The van der Waals surface area contributed by atoms with Gasteiger partial charge in [-0.25, -0.2) is 9.79 Å². The Kier molecular flexibility index (Phi) is 8.00. The van der Waals surface area contributed by atoms with Crippen molar-refractivity contribution in [1.82, 2.24) is 4.57 Å². The van der Waals surface area contributed by atoms with E-state index in [2.05, 4.69) is 26.0 Å². The lowest BCUT2D eigenvalue weighted by atomic mass is 9.93. The molecule has 1 atom stereocenters. The van der Waals surface area contributed by atoms with Crippen LogP contribution < -0.4 is 14.9 Å². The van der Waals surface area contributed by atoms with Gasteiger partial charge in [-0.1, -0.05) is 91.9 Å². The molecule has 0 unspecified atom stereocenters. The molecule has 5 rings (SSSR count). The third kappa shape index (κ3) is 5.42. The van der Waals surface area contributed by atoms with Crippen LogP contribution in [0.2, 0.25) is 0 Å². The molecule has 1 aromatic heterocycles. The van der Waals surface area contributed by atoms with E-state index < -0.39 is 12.0 Å². The number of thioether (sulfide) groups is 1. The number of rotatable bonds is 7. The number of hydrogen-bond donors (Lipinski definition) is 0. The second-order valence-corrected chi connectivity index (χ2v) is 11.4. The van der Waals surface area contributed by atoms with Crippen molar-refractivity contribution in [2.24, 2.45) is 4.99 Å². The predicted molar refractivity (Wildman–Crippen MR) is 160 cm³/mol. The van der Waals surface area contributed by atoms with Crippen LogP contribution in [0.5, 0.6) is 0 Å². The molecule has 5 nitrogen and oxygen atoms in total. The fourth-order valence-electron chi connectivity index (χ4n) is 4.67. The van der Waals surface area contributed by atoms with E-state index in [1.54, 1.807) is 23.3 Å². The van der Waals surface area contributed by atoms with Crippen LogP contribution in [0.3, 0.4) is 0 Å². The topological polar surface area (TPSA) is 60.7 Å². The summed E-state index contributed by atoms with van der Waals surface area (Å²) in [6.45, 7) is 6.32. The van der Waals surface area contributed by atoms with Crippen LogP contribution in [-0.2, 0) is 9.53 Å². The molecule has 39 heavy (non-hydrogen) atoms. The molecule has 0 saturated carbocycles. The van der Waals surface area contributed by atoms with E-state index >= 15 is 0 Å². The highest BCUT2D eigenvalue weighted by molar-refractivity contribution is 7.98. The minimum Gasteiger partial charge on any atom is -0.463 e. The largest absolute Gasteiger partial charge is 0.463 e. The standard InChI is InChI=1S/C32H30N2O3S2/c1-5-37-31(36)27-28(23-9-7-6-8-10-23)33-32-34(29(27)24-15-17-25(38-4)18-16-24)30(35)26(39-32)19-21-11-13-22(14-12-21)20(2)3/h6-20,29H,5H2,1-4H3/b26-19-/t29-/m0/s1. The van der Waals surface area contributed by atoms with Gasteiger partial charge in [-0.05, 0) is 54.0 Å². The van der Waals surface area contributed by atoms with Crippen LogP contribution in [0.15, 0.2) is 99.1 Å². The molecule has 1 aliphatic heterocycles. The van der Waals surface area contributed by atoms with Gasteiger partial charge >= 0.3 is 5.97 Å². The van der Waals surface area contributed by atoms with Crippen LogP contribution in [0, 0.1) is 0 Å². The van der Waals surface area contributed by atoms with Gasteiger partial charge in [-0.15, -0.1) is 11.8 Å². The van der Waals surface area contributed by atoms with Crippen molar-refractivity contribution in [2.45, 2.75) is 37.6 Å². The molecule has 0 spiro atoms. The zero-order valence-electron chi connectivity index (χ0n) is 22.4. The molecule has 0 fully saturated rings. The van der Waals surface area contributed by atoms with Crippen LogP contribution in [-0.4, -0.2) is 23.4 Å². The summed E-state index contributed by atoms with van der Waals surface area (Å²) in [5.41, 5.74) is 4.52. The van der Waals surface area contributed by atoms with Gasteiger partial charge in [0.05, 0.1) is 28.5 Å². The van der Waals surface area contributed by atoms with E-state index in [1.807, 2.05) is 79.1 Å². The second-order valence-electron chi connectivity index (χ2n) is 9.53. The second kappa shape index (κ2) is 11.6. The Balaban J connectivity index is 1.77. The maximum atomic E-state index is 14.0. The van der Waals surface area contributed by atoms with E-state index in [4.69, 9.17) is 9.73 Å². The van der Waals surface area contributed by atoms with Gasteiger partial charge in [0.15, 0.2) is 4.80 Å². The van der Waals surface area contributed by atoms with Gasteiger partial charge in [0.2, 0.25) is 0 Å². The molecule has 7 heteroatoms. The molecule has 198 valence electrons. The molecule has 0 aliphatic carbocycles. The normalized spacial score (nSPS) is 15.3. The molecular weight excluding hydrogens is 524 g/mol. The van der Waals surface area contributed by atoms with Crippen molar-refractivity contribution in [1.29, 1.82) is 0 Å². The van der Waals surface area contributed by atoms with Crippen LogP contribution in [0.4, 0.5) is 0 Å². The number of fused-ring (bicyclic) bond motifs is 1. The molecule has 0 amide bonds. The number of benzene rings is 3. The summed E-state index contributed by atoms with van der Waals surface area (Å²) in [6.07, 6.45) is 3.92. The summed E-state index contributed by atoms with van der Waals surface area (Å²) < 4.78 is 7.75. The summed E-state index contributed by atoms with van der Waals surface area (Å²) in [5.74, 6) is -0.0443. The maximum Gasteiger partial charge on any atom is 0.338 e. The lowest BCUT2D eigenvalue weighted by Crippen LogP contribution is -2.40. The summed E-state index contributed by atoms with van der Waals surface area (Å²) in [6, 6.07) is 25.2. The van der Waals surface area contributed by atoms with Gasteiger partial charge < -0.3 is 4.74 Å². The van der Waals surface area contributed by atoms with Gasteiger partial charge in [0, 0.05) is 10.5 Å². The quantitative estimate of drug-likeness (QED) is 0.215. The summed E-state index contributed by atoms with van der Waals surface area (Å²) in [7, 11) is 0. The van der Waals surface area contributed by atoms with Crippen molar-refractivity contribution in [3.05, 3.63) is 126 Å². The zero-order valence-corrected chi connectivity index (χ0v) is 24.0. The fourth-order valence-corrected chi connectivity index (χ4v) is 6.08. The van der Waals surface area contributed by atoms with Crippen molar-refractivity contribution in [3.63, 3.8) is 0 Å². The summed E-state index contributed by atoms with van der Waals surface area (Å²) >= 11 is 2.98. The number of nitrogens with zero attached hydrogens (tertiary/aromatic N) is 2. The predicted octanol–water partition coefficient (Wildman–Crippen LogP) is 5.78. The van der Waals surface area contributed by atoms with Crippen molar-refractivity contribution in [3.8, 4) is 0 Å². The third-order valence-corrected chi connectivity index (χ3v) is 8.43. The number of carbonyl (C=O) groups is 1. The average Bonchev–Trinajstić information content (AvgIpc) is 3.27. The molecule has 1 aliphatic rings. The number of thiazole rings is 1. The van der Waals surface area contributed by atoms with Crippen LogP contribution in [0.25, 0.3) is 11.8 Å². The molecule has 0 saturated heterocycles. The summed E-state index contributed by atoms with van der Waals surface area (Å²) in [4.78, 5) is 34.1. The van der Waals surface area contributed by atoms with E-state index in [0.717, 1.165) is 21.6 Å². The lowest BCUT2D eigenvalue weighted by molar-refractivity contribution is -0.138. The number of esters is 1. The molecular formula is C32H30N2O3S2. The number of ether oxygens (including phenoxy) is 1. The zero-order chi connectivity index (χ0) is 27.5. The Morgan fingerprint density at radius 1 is 1.05 bits per heavy atom. The minimum atomic E-state index is -0.670. The first-order chi connectivity index (χ1) is 18.9. The smallest absolute Gasteiger partial charge is 0.338 e. The van der Waals surface area contributed by atoms with Gasteiger partial charge in [-0.2, -0.15) is 0 Å². The SMILES string of the molecule is CCOC(=O)C1=C(c2ccccc2)N=c2s/c(=C\c3ccc(C(C)C)cc3)c(=O)n2[C@H]1c1ccc(SC)cc1. The number of aromatic nitrogens is 1. The highest BCUT2D eigenvalue weighted by Gasteiger charge is 2.35. The van der Waals surface area contributed by atoms with Crippen molar-refractivity contribution in [2.75, 3.05) is 12.9 Å². The molecule has 4 aromatic rings. The van der Waals surface area contributed by atoms with E-state index in [9.17, 15) is 9.59 Å². The van der Waals surface area contributed by atoms with Crippen molar-refractivity contribution < 1.29 is 9.53 Å². The Bertz CT molecular complexity index is 1700. The first kappa shape index (κ1) is 26.9. The lowest BCUT2D eigenvalue weighted by Gasteiger charge is -2.26. The molecule has 3 aromatic carbocycles.